The summed E-state index contributed by atoms with van der Waals surface area (Å²) in [5.41, 5.74) is 3.36. The predicted octanol–water partition coefficient (Wildman–Crippen LogP) is 5.11. The third-order valence-electron chi connectivity index (χ3n) is 3.42. The first-order valence-corrected chi connectivity index (χ1v) is 7.60. The molecule has 0 heterocycles. The number of benzene rings is 2. The van der Waals surface area contributed by atoms with Crippen molar-refractivity contribution < 1.29 is 9.53 Å². The lowest BCUT2D eigenvalue weighted by molar-refractivity contribution is -0.142. The molecule has 0 bridgehead atoms. The topological polar surface area (TPSA) is 26.3 Å². The molecule has 1 atom stereocenters. The second-order valence-electron chi connectivity index (χ2n) is 5.22. The van der Waals surface area contributed by atoms with E-state index in [1.54, 1.807) is 13.0 Å². The number of carbonyl (C=O) groups is 1. The maximum absolute atomic E-state index is 12.0. The fourth-order valence-corrected chi connectivity index (χ4v) is 2.33. The molecule has 0 aliphatic rings. The number of hydrogen-bond acceptors (Lipinski definition) is 2. The summed E-state index contributed by atoms with van der Waals surface area (Å²) in [6.07, 6.45) is 0.474. The van der Waals surface area contributed by atoms with Crippen molar-refractivity contribution in [1.29, 1.82) is 0 Å². The van der Waals surface area contributed by atoms with E-state index in [1.165, 1.54) is 5.56 Å². The smallest absolute Gasteiger partial charge is 0.334 e. The van der Waals surface area contributed by atoms with E-state index < -0.39 is 12.1 Å². The van der Waals surface area contributed by atoms with E-state index in [-0.39, 0.29) is 0 Å². The molecule has 2 nitrogen and oxygen atoms in total. The number of rotatable bonds is 5. The second kappa shape index (κ2) is 7.28. The molecule has 3 heteroatoms. The zero-order valence-electron chi connectivity index (χ0n) is 12.8. The Labute approximate surface area is 136 Å². The molecular weight excluding hydrogens is 296 g/mol. The summed E-state index contributed by atoms with van der Waals surface area (Å²) < 4.78 is 5.62. The Morgan fingerprint density at radius 2 is 1.86 bits per heavy atom. The van der Waals surface area contributed by atoms with Crippen LogP contribution in [0.4, 0.5) is 0 Å². The number of ether oxygens (including phenoxy) is 1. The Hall–Kier alpha value is -2.06. The van der Waals surface area contributed by atoms with Gasteiger partial charge in [0.05, 0.1) is 0 Å². The van der Waals surface area contributed by atoms with Crippen LogP contribution in [0.2, 0.25) is 5.02 Å². The lowest BCUT2D eigenvalue weighted by atomic mass is 9.99. The third kappa shape index (κ3) is 3.99. The molecule has 2 aromatic rings. The van der Waals surface area contributed by atoms with Gasteiger partial charge in [0.2, 0.25) is 0 Å². The van der Waals surface area contributed by atoms with Gasteiger partial charge >= 0.3 is 5.97 Å². The molecule has 0 fully saturated rings. The van der Waals surface area contributed by atoms with Crippen molar-refractivity contribution in [3.8, 4) is 0 Å². The molecule has 0 aromatic heterocycles. The van der Waals surface area contributed by atoms with E-state index in [0.717, 1.165) is 17.5 Å². The summed E-state index contributed by atoms with van der Waals surface area (Å²) in [7, 11) is 0. The van der Waals surface area contributed by atoms with Crippen LogP contribution in [-0.2, 0) is 16.0 Å². The van der Waals surface area contributed by atoms with Gasteiger partial charge in [-0.25, -0.2) is 4.79 Å². The van der Waals surface area contributed by atoms with Gasteiger partial charge < -0.3 is 4.74 Å². The minimum Gasteiger partial charge on any atom is -0.449 e. The molecule has 22 heavy (non-hydrogen) atoms. The van der Waals surface area contributed by atoms with Crippen molar-refractivity contribution >= 4 is 17.6 Å². The van der Waals surface area contributed by atoms with E-state index in [1.807, 2.05) is 42.5 Å². The average Bonchev–Trinajstić information content (AvgIpc) is 2.52. The minimum absolute atomic E-state index is 0.372. The molecule has 0 saturated heterocycles. The number of esters is 1. The largest absolute Gasteiger partial charge is 0.449 e. The maximum atomic E-state index is 12.0. The van der Waals surface area contributed by atoms with E-state index in [0.29, 0.717) is 10.6 Å². The Balaban J connectivity index is 2.39. The standard InChI is InChI=1S/C19H19ClO2/c1-4-14-8-10-15(11-9-14)18(22-19(21)13(2)3)16-6-5-7-17(20)12-16/h5-12,18H,2,4H2,1,3H3. The van der Waals surface area contributed by atoms with Crippen LogP contribution in [0.1, 0.15) is 36.6 Å². The number of carbonyl (C=O) groups excluding carboxylic acids is 1. The van der Waals surface area contributed by atoms with Gasteiger partial charge in [-0.1, -0.05) is 61.5 Å². The van der Waals surface area contributed by atoms with E-state index in [9.17, 15) is 4.79 Å². The summed E-state index contributed by atoms with van der Waals surface area (Å²) in [6, 6.07) is 15.4. The van der Waals surface area contributed by atoms with Gasteiger partial charge in [-0.15, -0.1) is 0 Å². The molecule has 1 unspecified atom stereocenters. The Kier molecular flexibility index (Phi) is 5.40. The molecule has 2 rings (SSSR count). The number of halogens is 1. The molecule has 0 aliphatic carbocycles. The van der Waals surface area contributed by atoms with Crippen molar-refractivity contribution in [3.63, 3.8) is 0 Å². The van der Waals surface area contributed by atoms with Crippen LogP contribution < -0.4 is 0 Å². The van der Waals surface area contributed by atoms with Crippen molar-refractivity contribution in [3.05, 3.63) is 82.4 Å². The van der Waals surface area contributed by atoms with Gasteiger partial charge in [0.1, 0.15) is 0 Å². The maximum Gasteiger partial charge on any atom is 0.334 e. The first kappa shape index (κ1) is 16.3. The summed E-state index contributed by atoms with van der Waals surface area (Å²) >= 11 is 6.07. The zero-order valence-corrected chi connectivity index (χ0v) is 13.6. The highest BCUT2D eigenvalue weighted by molar-refractivity contribution is 6.30. The van der Waals surface area contributed by atoms with Crippen LogP contribution in [-0.4, -0.2) is 5.97 Å². The Morgan fingerprint density at radius 1 is 1.18 bits per heavy atom. The van der Waals surface area contributed by atoms with Gasteiger partial charge in [0, 0.05) is 10.6 Å². The van der Waals surface area contributed by atoms with E-state index >= 15 is 0 Å². The molecule has 0 aliphatic heterocycles. The summed E-state index contributed by atoms with van der Waals surface area (Å²) in [5.74, 6) is -0.412. The van der Waals surface area contributed by atoms with Crippen LogP contribution in [0.25, 0.3) is 0 Å². The predicted molar refractivity (Wildman–Crippen MR) is 90.0 cm³/mol. The van der Waals surface area contributed by atoms with Crippen molar-refractivity contribution in [2.24, 2.45) is 0 Å². The van der Waals surface area contributed by atoms with Crippen molar-refractivity contribution in [1.82, 2.24) is 0 Å². The van der Waals surface area contributed by atoms with Gasteiger partial charge in [0.15, 0.2) is 6.10 Å². The molecule has 0 amide bonds. The normalized spacial score (nSPS) is 11.8. The monoisotopic (exact) mass is 314 g/mol. The Morgan fingerprint density at radius 3 is 2.41 bits per heavy atom. The molecule has 0 spiro atoms. The average molecular weight is 315 g/mol. The zero-order chi connectivity index (χ0) is 16.1. The van der Waals surface area contributed by atoms with Crippen LogP contribution >= 0.6 is 11.6 Å². The number of aryl methyl sites for hydroxylation is 1. The van der Waals surface area contributed by atoms with E-state index in [4.69, 9.17) is 16.3 Å². The quantitative estimate of drug-likeness (QED) is 0.566. The molecule has 114 valence electrons. The first-order chi connectivity index (χ1) is 10.5. The lowest BCUT2D eigenvalue weighted by Crippen LogP contribution is -2.13. The highest BCUT2D eigenvalue weighted by atomic mass is 35.5. The fourth-order valence-electron chi connectivity index (χ4n) is 2.13. The highest BCUT2D eigenvalue weighted by Gasteiger charge is 2.19. The highest BCUT2D eigenvalue weighted by Crippen LogP contribution is 2.29. The van der Waals surface area contributed by atoms with Crippen LogP contribution in [0.3, 0.4) is 0 Å². The molecular formula is C19H19ClO2. The molecule has 0 saturated carbocycles. The van der Waals surface area contributed by atoms with Gasteiger partial charge in [-0.3, -0.25) is 0 Å². The lowest BCUT2D eigenvalue weighted by Gasteiger charge is -2.19. The van der Waals surface area contributed by atoms with Crippen LogP contribution in [0.15, 0.2) is 60.7 Å². The van der Waals surface area contributed by atoms with Crippen molar-refractivity contribution in [2.45, 2.75) is 26.4 Å². The SMILES string of the molecule is C=C(C)C(=O)OC(c1ccc(CC)cc1)c1cccc(Cl)c1. The third-order valence-corrected chi connectivity index (χ3v) is 3.65. The van der Waals surface area contributed by atoms with Gasteiger partial charge in [0.25, 0.3) is 0 Å². The van der Waals surface area contributed by atoms with Crippen LogP contribution in [0.5, 0.6) is 0 Å². The molecule has 0 N–H and O–H groups in total. The summed E-state index contributed by atoms with van der Waals surface area (Å²) in [6.45, 7) is 7.38. The van der Waals surface area contributed by atoms with E-state index in [2.05, 4.69) is 13.5 Å². The second-order valence-corrected chi connectivity index (χ2v) is 5.65. The minimum atomic E-state index is -0.492. The molecule has 2 aromatic carbocycles. The Bertz CT molecular complexity index is 674. The molecule has 0 radical (unpaired) electrons. The van der Waals surface area contributed by atoms with Crippen molar-refractivity contribution in [2.75, 3.05) is 0 Å². The number of hydrogen-bond donors (Lipinski definition) is 0. The van der Waals surface area contributed by atoms with Gasteiger partial charge in [-0.2, -0.15) is 0 Å². The fraction of sp³-hybridized carbons (Fsp3) is 0.211. The van der Waals surface area contributed by atoms with Crippen LogP contribution in [0, 0.1) is 0 Å². The first-order valence-electron chi connectivity index (χ1n) is 7.22. The summed E-state index contributed by atoms with van der Waals surface area (Å²) in [4.78, 5) is 12.0. The summed E-state index contributed by atoms with van der Waals surface area (Å²) in [5, 5.41) is 0.610. The van der Waals surface area contributed by atoms with Gasteiger partial charge in [-0.05, 0) is 42.2 Å².